The van der Waals surface area contributed by atoms with Gasteiger partial charge in [0.1, 0.15) is 0 Å². The van der Waals surface area contributed by atoms with Crippen molar-refractivity contribution in [2.75, 3.05) is 6.54 Å². The number of sulfonamides is 1. The fourth-order valence-corrected chi connectivity index (χ4v) is 2.77. The molecule has 1 rings (SSSR count). The first-order chi connectivity index (χ1) is 9.15. The molecule has 1 aromatic carbocycles. The third kappa shape index (κ3) is 5.28. The minimum atomic E-state index is -4.29. The summed E-state index contributed by atoms with van der Waals surface area (Å²) < 4.78 is 61.6. The second-order valence-corrected chi connectivity index (χ2v) is 6.25. The molecule has 0 radical (unpaired) electrons. The van der Waals surface area contributed by atoms with Gasteiger partial charge in [-0.25, -0.2) is 13.1 Å². The molecule has 0 heterocycles. The predicted molar refractivity (Wildman–Crippen MR) is 69.8 cm³/mol. The van der Waals surface area contributed by atoms with Crippen molar-refractivity contribution in [1.82, 2.24) is 4.72 Å². The zero-order valence-electron chi connectivity index (χ0n) is 10.4. The summed E-state index contributed by atoms with van der Waals surface area (Å²) in [6.07, 6.45) is -5.65. The van der Waals surface area contributed by atoms with Gasteiger partial charge in [-0.15, -0.1) is 0 Å². The van der Waals surface area contributed by atoms with Crippen LogP contribution < -0.4 is 10.5 Å². The van der Waals surface area contributed by atoms with E-state index in [9.17, 15) is 21.6 Å². The number of rotatable bonds is 6. The standard InChI is InChI=1S/C11H14ClF3N2O2S/c12-10-3-2-9(6-8(10)7-16)20(18,19)17-5-1-4-11(13,14)15/h2-3,6,17H,1,4-5,7,16H2. The van der Waals surface area contributed by atoms with Gasteiger partial charge in [-0.1, -0.05) is 11.6 Å². The summed E-state index contributed by atoms with van der Waals surface area (Å²) in [6.45, 7) is -0.224. The molecule has 4 nitrogen and oxygen atoms in total. The van der Waals surface area contributed by atoms with Crippen molar-refractivity contribution in [2.45, 2.75) is 30.5 Å². The summed E-state index contributed by atoms with van der Waals surface area (Å²) in [4.78, 5) is -0.0747. The monoisotopic (exact) mass is 330 g/mol. The average Bonchev–Trinajstić information content (AvgIpc) is 2.34. The lowest BCUT2D eigenvalue weighted by Gasteiger charge is -2.10. The summed E-state index contributed by atoms with van der Waals surface area (Å²) in [7, 11) is -3.86. The normalized spacial score (nSPS) is 12.7. The van der Waals surface area contributed by atoms with E-state index in [0.29, 0.717) is 10.6 Å². The molecule has 20 heavy (non-hydrogen) atoms. The molecule has 0 saturated carbocycles. The molecule has 0 aliphatic rings. The molecule has 0 bridgehead atoms. The molecule has 0 atom stereocenters. The van der Waals surface area contributed by atoms with Crippen molar-refractivity contribution < 1.29 is 21.6 Å². The van der Waals surface area contributed by atoms with E-state index in [2.05, 4.69) is 4.72 Å². The Kier molecular flexibility index (Phi) is 5.81. The minimum Gasteiger partial charge on any atom is -0.326 e. The van der Waals surface area contributed by atoms with Crippen molar-refractivity contribution in [1.29, 1.82) is 0 Å². The summed E-state index contributed by atoms with van der Waals surface area (Å²) >= 11 is 5.80. The molecule has 0 amide bonds. The lowest BCUT2D eigenvalue weighted by Crippen LogP contribution is -2.26. The maximum Gasteiger partial charge on any atom is 0.389 e. The van der Waals surface area contributed by atoms with E-state index >= 15 is 0 Å². The van der Waals surface area contributed by atoms with Gasteiger partial charge in [0, 0.05) is 24.5 Å². The smallest absolute Gasteiger partial charge is 0.326 e. The van der Waals surface area contributed by atoms with Crippen LogP contribution in [0.4, 0.5) is 13.2 Å². The summed E-state index contributed by atoms with van der Waals surface area (Å²) in [6, 6.07) is 3.95. The Bertz CT molecular complexity index is 561. The van der Waals surface area contributed by atoms with Crippen LogP contribution in [-0.2, 0) is 16.6 Å². The van der Waals surface area contributed by atoms with Crippen LogP contribution in [0.25, 0.3) is 0 Å². The number of benzene rings is 1. The summed E-state index contributed by atoms with van der Waals surface area (Å²) in [5.41, 5.74) is 5.86. The van der Waals surface area contributed by atoms with Crippen LogP contribution in [0.3, 0.4) is 0 Å². The second-order valence-electron chi connectivity index (χ2n) is 4.07. The van der Waals surface area contributed by atoms with Gasteiger partial charge in [-0.05, 0) is 30.2 Å². The SMILES string of the molecule is NCc1cc(S(=O)(=O)NCCCC(F)(F)F)ccc1Cl. The zero-order valence-corrected chi connectivity index (χ0v) is 11.9. The minimum absolute atomic E-state index is 0.0657. The van der Waals surface area contributed by atoms with E-state index in [-0.39, 0.29) is 24.4 Å². The highest BCUT2D eigenvalue weighted by Crippen LogP contribution is 2.22. The number of nitrogens with one attached hydrogen (secondary N) is 1. The van der Waals surface area contributed by atoms with Crippen molar-refractivity contribution in [3.63, 3.8) is 0 Å². The average molecular weight is 331 g/mol. The van der Waals surface area contributed by atoms with Crippen molar-refractivity contribution in [2.24, 2.45) is 5.73 Å². The Labute approximate surface area is 120 Å². The molecule has 1 aromatic rings. The van der Waals surface area contributed by atoms with Gasteiger partial charge < -0.3 is 5.73 Å². The van der Waals surface area contributed by atoms with E-state index in [1.807, 2.05) is 0 Å². The molecule has 0 unspecified atom stereocenters. The van der Waals surface area contributed by atoms with Crippen LogP contribution in [0.2, 0.25) is 5.02 Å². The first kappa shape index (κ1) is 17.2. The van der Waals surface area contributed by atoms with Gasteiger partial charge in [0.25, 0.3) is 0 Å². The maximum atomic E-state index is 11.9. The van der Waals surface area contributed by atoms with Crippen LogP contribution in [0.15, 0.2) is 23.1 Å². The largest absolute Gasteiger partial charge is 0.389 e. The molecular weight excluding hydrogens is 317 g/mol. The van der Waals surface area contributed by atoms with Gasteiger partial charge >= 0.3 is 6.18 Å². The number of hydrogen-bond acceptors (Lipinski definition) is 3. The molecule has 0 fully saturated rings. The van der Waals surface area contributed by atoms with Gasteiger partial charge in [-0.3, -0.25) is 0 Å². The number of halogens is 4. The van der Waals surface area contributed by atoms with Crippen LogP contribution >= 0.6 is 11.6 Å². The van der Waals surface area contributed by atoms with Gasteiger partial charge in [-0.2, -0.15) is 13.2 Å². The van der Waals surface area contributed by atoms with E-state index in [1.165, 1.54) is 18.2 Å². The third-order valence-corrected chi connectivity index (χ3v) is 4.30. The van der Waals surface area contributed by atoms with Crippen LogP contribution in [0.1, 0.15) is 18.4 Å². The lowest BCUT2D eigenvalue weighted by molar-refractivity contribution is -0.135. The molecule has 0 aliphatic heterocycles. The van der Waals surface area contributed by atoms with Crippen LogP contribution in [0, 0.1) is 0 Å². The third-order valence-electron chi connectivity index (χ3n) is 2.48. The maximum absolute atomic E-state index is 11.9. The highest BCUT2D eigenvalue weighted by atomic mass is 35.5. The predicted octanol–water partition coefficient (Wildman–Crippen LogP) is 2.42. The van der Waals surface area contributed by atoms with Crippen molar-refractivity contribution in [3.05, 3.63) is 28.8 Å². The Morgan fingerprint density at radius 2 is 1.95 bits per heavy atom. The lowest BCUT2D eigenvalue weighted by atomic mass is 10.2. The fraction of sp³-hybridized carbons (Fsp3) is 0.455. The first-order valence-electron chi connectivity index (χ1n) is 5.70. The quantitative estimate of drug-likeness (QED) is 0.787. The fourth-order valence-electron chi connectivity index (χ4n) is 1.45. The van der Waals surface area contributed by atoms with Crippen LogP contribution in [-0.4, -0.2) is 21.1 Å². The van der Waals surface area contributed by atoms with Crippen molar-refractivity contribution >= 4 is 21.6 Å². The molecule has 114 valence electrons. The Balaban J connectivity index is 2.69. The number of hydrogen-bond donors (Lipinski definition) is 2. The van der Waals surface area contributed by atoms with E-state index in [4.69, 9.17) is 17.3 Å². The highest BCUT2D eigenvalue weighted by Gasteiger charge is 2.26. The highest BCUT2D eigenvalue weighted by molar-refractivity contribution is 7.89. The topological polar surface area (TPSA) is 72.2 Å². The van der Waals surface area contributed by atoms with Gasteiger partial charge in [0.2, 0.25) is 10.0 Å². The second kappa shape index (κ2) is 6.75. The van der Waals surface area contributed by atoms with Crippen molar-refractivity contribution in [3.8, 4) is 0 Å². The molecular formula is C11H14ClF3N2O2S. The first-order valence-corrected chi connectivity index (χ1v) is 7.57. The van der Waals surface area contributed by atoms with E-state index in [0.717, 1.165) is 0 Å². The zero-order chi connectivity index (χ0) is 15.4. The molecule has 0 spiro atoms. The van der Waals surface area contributed by atoms with Gasteiger partial charge in [0.15, 0.2) is 0 Å². The summed E-state index contributed by atoms with van der Waals surface area (Å²) in [5.74, 6) is 0. The molecule has 0 aliphatic carbocycles. The van der Waals surface area contributed by atoms with Crippen LogP contribution in [0.5, 0.6) is 0 Å². The Morgan fingerprint density at radius 3 is 2.50 bits per heavy atom. The van der Waals surface area contributed by atoms with E-state index < -0.39 is 22.6 Å². The Morgan fingerprint density at radius 1 is 1.30 bits per heavy atom. The van der Waals surface area contributed by atoms with E-state index in [1.54, 1.807) is 0 Å². The molecule has 0 saturated heterocycles. The molecule has 0 aromatic heterocycles. The molecule has 9 heteroatoms. The molecule has 3 N–H and O–H groups in total. The Hall–Kier alpha value is -0.830. The van der Waals surface area contributed by atoms with Gasteiger partial charge in [0.05, 0.1) is 4.90 Å². The summed E-state index contributed by atoms with van der Waals surface area (Å²) in [5, 5.41) is 0.337. The number of alkyl halides is 3. The number of nitrogens with two attached hydrogens (primary N) is 1.